The lowest BCUT2D eigenvalue weighted by atomic mass is 9.74. The summed E-state index contributed by atoms with van der Waals surface area (Å²) in [6, 6.07) is 6.16. The molecular formula is C17H25Cl2NO. The molecule has 0 heterocycles. The standard InChI is InChI=1S/C17H25Cl2NO/c1-12-6-8-17(21-3,9-7-12)16(20-2)11-13-4-5-14(18)15(19)10-13/h4-5,10,12,16,20H,6-9,11H2,1-3H3. The van der Waals surface area contributed by atoms with Crippen LogP contribution in [0.3, 0.4) is 0 Å². The summed E-state index contributed by atoms with van der Waals surface area (Å²) >= 11 is 12.1. The summed E-state index contributed by atoms with van der Waals surface area (Å²) in [4.78, 5) is 0. The summed E-state index contributed by atoms with van der Waals surface area (Å²) in [6.45, 7) is 2.33. The van der Waals surface area contributed by atoms with Crippen LogP contribution in [0, 0.1) is 5.92 Å². The maximum absolute atomic E-state index is 6.13. The highest BCUT2D eigenvalue weighted by Crippen LogP contribution is 2.38. The smallest absolute Gasteiger partial charge is 0.0834 e. The molecule has 118 valence electrons. The van der Waals surface area contributed by atoms with Crippen LogP contribution in [-0.4, -0.2) is 25.8 Å². The molecule has 1 aromatic carbocycles. The third kappa shape index (κ3) is 3.92. The lowest BCUT2D eigenvalue weighted by molar-refractivity contribution is -0.0730. The Morgan fingerprint density at radius 3 is 2.48 bits per heavy atom. The summed E-state index contributed by atoms with van der Waals surface area (Å²) in [6.07, 6.45) is 5.57. The number of methoxy groups -OCH3 is 1. The van der Waals surface area contributed by atoms with Crippen molar-refractivity contribution in [2.75, 3.05) is 14.2 Å². The van der Waals surface area contributed by atoms with Crippen molar-refractivity contribution in [3.05, 3.63) is 33.8 Å². The van der Waals surface area contributed by atoms with Gasteiger partial charge in [-0.2, -0.15) is 0 Å². The van der Waals surface area contributed by atoms with Gasteiger partial charge in [0.1, 0.15) is 0 Å². The SMILES string of the molecule is CNC(Cc1ccc(Cl)c(Cl)c1)C1(OC)CCC(C)CC1. The minimum atomic E-state index is -0.0760. The van der Waals surface area contributed by atoms with E-state index in [9.17, 15) is 0 Å². The maximum Gasteiger partial charge on any atom is 0.0834 e. The molecule has 0 bridgehead atoms. The summed E-state index contributed by atoms with van der Waals surface area (Å²) in [7, 11) is 3.86. The van der Waals surface area contributed by atoms with Crippen LogP contribution in [0.2, 0.25) is 10.0 Å². The molecule has 1 N–H and O–H groups in total. The highest BCUT2D eigenvalue weighted by atomic mass is 35.5. The maximum atomic E-state index is 6.13. The van der Waals surface area contributed by atoms with Gasteiger partial charge in [0.15, 0.2) is 0 Å². The van der Waals surface area contributed by atoms with Crippen LogP contribution in [-0.2, 0) is 11.2 Å². The Balaban J connectivity index is 2.15. The molecule has 0 aromatic heterocycles. The predicted octanol–water partition coefficient (Wildman–Crippen LogP) is 4.72. The number of benzene rings is 1. The second-order valence-corrected chi connectivity index (χ2v) is 7.06. The van der Waals surface area contributed by atoms with E-state index in [0.717, 1.165) is 25.2 Å². The molecule has 0 aliphatic heterocycles. The fourth-order valence-corrected chi connectivity index (χ4v) is 3.72. The van der Waals surface area contributed by atoms with Crippen LogP contribution in [0.5, 0.6) is 0 Å². The number of nitrogens with one attached hydrogen (secondary N) is 1. The van der Waals surface area contributed by atoms with E-state index in [-0.39, 0.29) is 11.6 Å². The molecule has 1 atom stereocenters. The minimum Gasteiger partial charge on any atom is -0.377 e. The third-order valence-electron chi connectivity index (χ3n) is 4.93. The van der Waals surface area contributed by atoms with Crippen molar-refractivity contribution in [1.82, 2.24) is 5.32 Å². The Bertz CT molecular complexity index is 470. The average Bonchev–Trinajstić information content (AvgIpc) is 2.50. The number of hydrogen-bond acceptors (Lipinski definition) is 2. The van der Waals surface area contributed by atoms with E-state index < -0.39 is 0 Å². The topological polar surface area (TPSA) is 21.3 Å². The van der Waals surface area contributed by atoms with Gasteiger partial charge in [0.2, 0.25) is 0 Å². The average molecular weight is 330 g/mol. The molecule has 4 heteroatoms. The lowest BCUT2D eigenvalue weighted by Crippen LogP contribution is -2.54. The molecule has 1 saturated carbocycles. The Hall–Kier alpha value is -0.280. The zero-order valence-corrected chi connectivity index (χ0v) is 14.6. The highest BCUT2D eigenvalue weighted by molar-refractivity contribution is 6.42. The summed E-state index contributed by atoms with van der Waals surface area (Å²) in [5.41, 5.74) is 1.12. The Morgan fingerprint density at radius 2 is 1.95 bits per heavy atom. The first kappa shape index (κ1) is 17.1. The zero-order valence-electron chi connectivity index (χ0n) is 13.1. The fourth-order valence-electron chi connectivity index (χ4n) is 3.40. The van der Waals surface area contributed by atoms with Gasteiger partial charge in [0.25, 0.3) is 0 Å². The van der Waals surface area contributed by atoms with Gasteiger partial charge in [0, 0.05) is 13.2 Å². The van der Waals surface area contributed by atoms with E-state index >= 15 is 0 Å². The molecule has 1 fully saturated rings. The van der Waals surface area contributed by atoms with Crippen molar-refractivity contribution >= 4 is 23.2 Å². The third-order valence-corrected chi connectivity index (χ3v) is 5.67. The quantitative estimate of drug-likeness (QED) is 0.843. The molecule has 0 saturated heterocycles. The van der Waals surface area contributed by atoms with Gasteiger partial charge in [0.05, 0.1) is 15.6 Å². The van der Waals surface area contributed by atoms with Gasteiger partial charge in [-0.3, -0.25) is 0 Å². The van der Waals surface area contributed by atoms with E-state index in [1.54, 1.807) is 0 Å². The van der Waals surface area contributed by atoms with Gasteiger partial charge in [-0.25, -0.2) is 0 Å². The second-order valence-electron chi connectivity index (χ2n) is 6.25. The van der Waals surface area contributed by atoms with Crippen molar-refractivity contribution < 1.29 is 4.74 Å². The molecule has 0 spiro atoms. The van der Waals surface area contributed by atoms with Gasteiger partial charge >= 0.3 is 0 Å². The molecule has 0 radical (unpaired) electrons. The number of likely N-dealkylation sites (N-methyl/N-ethyl adjacent to an activating group) is 1. The molecule has 1 aliphatic carbocycles. The Kier molecular flexibility index (Phi) is 5.96. The fraction of sp³-hybridized carbons (Fsp3) is 0.647. The first-order valence-corrected chi connectivity index (χ1v) is 8.42. The second kappa shape index (κ2) is 7.32. The van der Waals surface area contributed by atoms with Gasteiger partial charge < -0.3 is 10.1 Å². The van der Waals surface area contributed by atoms with Crippen LogP contribution in [0.4, 0.5) is 0 Å². The van der Waals surface area contributed by atoms with Crippen LogP contribution >= 0.6 is 23.2 Å². The number of hydrogen-bond donors (Lipinski definition) is 1. The first-order chi connectivity index (χ1) is 10.0. The molecule has 2 nitrogen and oxygen atoms in total. The number of halogens is 2. The van der Waals surface area contributed by atoms with Crippen LogP contribution in [0.1, 0.15) is 38.2 Å². The Morgan fingerprint density at radius 1 is 1.29 bits per heavy atom. The molecule has 0 amide bonds. The first-order valence-electron chi connectivity index (χ1n) is 7.67. The molecule has 1 aromatic rings. The van der Waals surface area contributed by atoms with Gasteiger partial charge in [-0.1, -0.05) is 36.2 Å². The molecule has 21 heavy (non-hydrogen) atoms. The normalized spacial score (nSPS) is 27.6. The minimum absolute atomic E-state index is 0.0760. The van der Waals surface area contributed by atoms with Gasteiger partial charge in [-0.15, -0.1) is 0 Å². The molecule has 1 aliphatic rings. The largest absolute Gasteiger partial charge is 0.377 e. The van der Waals surface area contributed by atoms with Crippen molar-refractivity contribution in [2.24, 2.45) is 5.92 Å². The zero-order chi connectivity index (χ0) is 15.5. The molecule has 1 unspecified atom stereocenters. The summed E-state index contributed by atoms with van der Waals surface area (Å²) in [5.74, 6) is 0.802. The van der Waals surface area contributed by atoms with E-state index in [4.69, 9.17) is 27.9 Å². The Labute approximate surface area is 138 Å². The van der Waals surface area contributed by atoms with Gasteiger partial charge in [-0.05, 0) is 62.8 Å². The molecular weight excluding hydrogens is 305 g/mol. The summed E-state index contributed by atoms with van der Waals surface area (Å²) in [5, 5.41) is 4.68. The van der Waals surface area contributed by atoms with E-state index in [0.29, 0.717) is 10.0 Å². The van der Waals surface area contributed by atoms with Crippen LogP contribution in [0.15, 0.2) is 18.2 Å². The van der Waals surface area contributed by atoms with E-state index in [1.165, 1.54) is 18.4 Å². The van der Waals surface area contributed by atoms with Crippen molar-refractivity contribution in [3.63, 3.8) is 0 Å². The van der Waals surface area contributed by atoms with Crippen LogP contribution < -0.4 is 5.32 Å². The van der Waals surface area contributed by atoms with Crippen molar-refractivity contribution in [1.29, 1.82) is 0 Å². The monoisotopic (exact) mass is 329 g/mol. The van der Waals surface area contributed by atoms with Crippen LogP contribution in [0.25, 0.3) is 0 Å². The number of ether oxygens (including phenoxy) is 1. The summed E-state index contributed by atoms with van der Waals surface area (Å²) < 4.78 is 5.98. The lowest BCUT2D eigenvalue weighted by Gasteiger charge is -2.44. The highest BCUT2D eigenvalue weighted by Gasteiger charge is 2.40. The van der Waals surface area contributed by atoms with Crippen molar-refractivity contribution in [3.8, 4) is 0 Å². The van der Waals surface area contributed by atoms with Crippen molar-refractivity contribution in [2.45, 2.75) is 50.7 Å². The molecule has 2 rings (SSSR count). The number of rotatable bonds is 5. The van der Waals surface area contributed by atoms with E-state index in [1.807, 2.05) is 32.4 Å². The predicted molar refractivity (Wildman–Crippen MR) is 90.4 cm³/mol. The van der Waals surface area contributed by atoms with E-state index in [2.05, 4.69) is 12.2 Å².